The number of nitrogens with two attached hydrogens (primary N) is 1. The van der Waals surface area contributed by atoms with Gasteiger partial charge in [-0.2, -0.15) is 0 Å². The number of carbonyl (C=O) groups is 1. The van der Waals surface area contributed by atoms with E-state index in [4.69, 9.17) is 5.73 Å². The highest BCUT2D eigenvalue weighted by Crippen LogP contribution is 2.33. The fourth-order valence-electron chi connectivity index (χ4n) is 0.802. The Morgan fingerprint density at radius 3 is 2.43 bits per heavy atom. The Hall–Kier alpha value is -0.560. The zero-order chi connectivity index (χ0) is 10.9. The molecule has 76 valence electrons. The van der Waals surface area contributed by atoms with Crippen molar-refractivity contribution in [2.24, 2.45) is 5.73 Å². The van der Waals surface area contributed by atoms with E-state index in [1.165, 1.54) is 0 Å². The van der Waals surface area contributed by atoms with Crippen LogP contribution in [0.3, 0.4) is 0 Å². The van der Waals surface area contributed by atoms with Crippen LogP contribution < -0.4 is 5.73 Å². The fraction of sp³-hybridized carbons (Fsp3) is 0.143. The summed E-state index contributed by atoms with van der Waals surface area (Å²) in [4.78, 5) is 14.2. The predicted molar refractivity (Wildman–Crippen MR) is 53.1 cm³/mol. The van der Waals surface area contributed by atoms with Gasteiger partial charge in [0.25, 0.3) is 12.3 Å². The largest absolute Gasteiger partial charge is 0.366 e. The highest BCUT2D eigenvalue weighted by Gasteiger charge is 2.19. The number of nitrogens with zero attached hydrogens (tertiary/aromatic N) is 1. The molecule has 0 atom stereocenters. The van der Waals surface area contributed by atoms with Crippen LogP contribution in [-0.4, -0.2) is 10.9 Å². The van der Waals surface area contributed by atoms with Crippen LogP contribution in [0.5, 0.6) is 0 Å². The molecule has 7 heteroatoms. The molecule has 1 rings (SSSR count). The monoisotopic (exact) mass is 328 g/mol. The summed E-state index contributed by atoms with van der Waals surface area (Å²) < 4.78 is 24.9. The Morgan fingerprint density at radius 1 is 1.43 bits per heavy atom. The van der Waals surface area contributed by atoms with E-state index < -0.39 is 18.0 Å². The number of halogens is 4. The summed E-state index contributed by atoms with van der Waals surface area (Å²) >= 11 is 5.88. The number of pyridine rings is 1. The molecule has 0 unspecified atom stereocenters. The molecular formula is C7H4Br2F2N2O. The summed E-state index contributed by atoms with van der Waals surface area (Å²) in [6, 6.07) is 0. The smallest absolute Gasteiger partial charge is 0.281 e. The SMILES string of the molecule is NC(=O)c1cnc(C(F)F)c(Br)c1Br. The van der Waals surface area contributed by atoms with Crippen LogP contribution in [0.25, 0.3) is 0 Å². The number of alkyl halides is 2. The number of aromatic nitrogens is 1. The summed E-state index contributed by atoms with van der Waals surface area (Å²) in [5, 5.41) is 0. The molecule has 0 aliphatic carbocycles. The predicted octanol–water partition coefficient (Wildman–Crippen LogP) is 2.64. The number of hydrogen-bond acceptors (Lipinski definition) is 2. The first-order chi connectivity index (χ1) is 6.45. The third-order valence-electron chi connectivity index (χ3n) is 1.46. The van der Waals surface area contributed by atoms with Crippen LogP contribution >= 0.6 is 31.9 Å². The minimum atomic E-state index is -2.71. The Morgan fingerprint density at radius 2 is 2.00 bits per heavy atom. The fourth-order valence-corrected chi connectivity index (χ4v) is 1.79. The standard InChI is InChI=1S/C7H4Br2F2N2O/c8-3-2(7(12)14)1-13-5(4(3)9)6(10)11/h1,6H,(H2,12,14). The lowest BCUT2D eigenvalue weighted by atomic mass is 10.2. The molecule has 0 spiro atoms. The lowest BCUT2D eigenvalue weighted by molar-refractivity contribution is 0.0998. The van der Waals surface area contributed by atoms with Gasteiger partial charge < -0.3 is 5.73 Å². The zero-order valence-electron chi connectivity index (χ0n) is 6.60. The number of hydrogen-bond donors (Lipinski definition) is 1. The first kappa shape index (κ1) is 11.5. The molecule has 2 N–H and O–H groups in total. The van der Waals surface area contributed by atoms with Gasteiger partial charge in [0.1, 0.15) is 5.69 Å². The van der Waals surface area contributed by atoms with Gasteiger partial charge in [0.15, 0.2) is 0 Å². The lowest BCUT2D eigenvalue weighted by Gasteiger charge is -2.06. The molecule has 0 saturated heterocycles. The van der Waals surface area contributed by atoms with Crippen LogP contribution in [0.1, 0.15) is 22.5 Å². The van der Waals surface area contributed by atoms with E-state index in [1.54, 1.807) is 0 Å². The van der Waals surface area contributed by atoms with Crippen LogP contribution in [0.2, 0.25) is 0 Å². The maximum Gasteiger partial charge on any atom is 0.281 e. The van der Waals surface area contributed by atoms with Crippen molar-refractivity contribution >= 4 is 37.8 Å². The van der Waals surface area contributed by atoms with Crippen LogP contribution in [-0.2, 0) is 0 Å². The van der Waals surface area contributed by atoms with Gasteiger partial charge in [0, 0.05) is 10.7 Å². The molecule has 3 nitrogen and oxygen atoms in total. The maximum atomic E-state index is 12.3. The normalized spacial score (nSPS) is 10.6. The molecule has 14 heavy (non-hydrogen) atoms. The summed E-state index contributed by atoms with van der Waals surface area (Å²) in [5.41, 5.74) is 4.62. The second-order valence-corrected chi connectivity index (χ2v) is 3.94. The van der Waals surface area contributed by atoms with Crippen LogP contribution in [0.15, 0.2) is 15.1 Å². The molecule has 1 aromatic rings. The van der Waals surface area contributed by atoms with Crippen molar-refractivity contribution in [1.82, 2.24) is 4.98 Å². The van der Waals surface area contributed by atoms with E-state index in [-0.39, 0.29) is 14.5 Å². The molecule has 0 radical (unpaired) electrons. The summed E-state index contributed by atoms with van der Waals surface area (Å²) in [6.07, 6.45) is -1.69. The molecule has 0 aromatic carbocycles. The van der Waals surface area contributed by atoms with Gasteiger partial charge in [-0.25, -0.2) is 8.78 Å². The van der Waals surface area contributed by atoms with E-state index in [9.17, 15) is 13.6 Å². The highest BCUT2D eigenvalue weighted by atomic mass is 79.9. The van der Waals surface area contributed by atoms with Gasteiger partial charge in [-0.3, -0.25) is 9.78 Å². The quantitative estimate of drug-likeness (QED) is 0.906. The van der Waals surface area contributed by atoms with E-state index >= 15 is 0 Å². The van der Waals surface area contributed by atoms with Gasteiger partial charge in [0.2, 0.25) is 0 Å². The van der Waals surface area contributed by atoms with E-state index in [0.29, 0.717) is 0 Å². The Balaban J connectivity index is 3.33. The molecule has 0 aliphatic heterocycles. The summed E-state index contributed by atoms with van der Waals surface area (Å²) in [7, 11) is 0. The summed E-state index contributed by atoms with van der Waals surface area (Å²) in [5.74, 6) is -0.731. The van der Waals surface area contributed by atoms with Crippen molar-refractivity contribution in [2.45, 2.75) is 6.43 Å². The zero-order valence-corrected chi connectivity index (χ0v) is 9.77. The van der Waals surface area contributed by atoms with Gasteiger partial charge >= 0.3 is 0 Å². The second kappa shape index (κ2) is 4.31. The minimum Gasteiger partial charge on any atom is -0.366 e. The lowest BCUT2D eigenvalue weighted by Crippen LogP contribution is -2.13. The number of amides is 1. The van der Waals surface area contributed by atoms with E-state index in [0.717, 1.165) is 6.20 Å². The van der Waals surface area contributed by atoms with E-state index in [2.05, 4.69) is 36.8 Å². The van der Waals surface area contributed by atoms with Crippen LogP contribution in [0.4, 0.5) is 8.78 Å². The molecule has 0 saturated carbocycles. The van der Waals surface area contributed by atoms with Crippen molar-refractivity contribution in [3.05, 3.63) is 26.4 Å². The molecular weight excluding hydrogens is 326 g/mol. The van der Waals surface area contributed by atoms with E-state index in [1.807, 2.05) is 0 Å². The molecule has 0 fully saturated rings. The molecule has 1 heterocycles. The van der Waals surface area contributed by atoms with Crippen LogP contribution in [0, 0.1) is 0 Å². The van der Waals surface area contributed by atoms with Crippen molar-refractivity contribution < 1.29 is 13.6 Å². The van der Waals surface area contributed by atoms with Crippen molar-refractivity contribution in [1.29, 1.82) is 0 Å². The average molecular weight is 330 g/mol. The first-order valence-electron chi connectivity index (χ1n) is 3.37. The Labute approximate surface area is 94.9 Å². The van der Waals surface area contributed by atoms with Crippen molar-refractivity contribution in [2.75, 3.05) is 0 Å². The number of rotatable bonds is 2. The number of primary amides is 1. The highest BCUT2D eigenvalue weighted by molar-refractivity contribution is 9.13. The molecule has 1 aromatic heterocycles. The number of carbonyl (C=O) groups excluding carboxylic acids is 1. The third kappa shape index (κ3) is 2.09. The van der Waals surface area contributed by atoms with Gasteiger partial charge in [0.05, 0.1) is 10.0 Å². The molecule has 0 aliphatic rings. The summed E-state index contributed by atoms with van der Waals surface area (Å²) in [6.45, 7) is 0. The van der Waals surface area contributed by atoms with Gasteiger partial charge in [-0.05, 0) is 31.9 Å². The van der Waals surface area contributed by atoms with Gasteiger partial charge in [-0.1, -0.05) is 0 Å². The topological polar surface area (TPSA) is 56.0 Å². The van der Waals surface area contributed by atoms with Crippen molar-refractivity contribution in [3.63, 3.8) is 0 Å². The second-order valence-electron chi connectivity index (χ2n) is 2.35. The molecule has 1 amide bonds. The first-order valence-corrected chi connectivity index (χ1v) is 4.95. The van der Waals surface area contributed by atoms with Gasteiger partial charge in [-0.15, -0.1) is 0 Å². The third-order valence-corrected chi connectivity index (χ3v) is 3.62. The minimum absolute atomic E-state index is 0.0452. The Kier molecular flexibility index (Phi) is 3.54. The average Bonchev–Trinajstić information content (AvgIpc) is 2.08. The Bertz CT molecular complexity index is 384. The maximum absolute atomic E-state index is 12.3. The van der Waals surface area contributed by atoms with Crippen molar-refractivity contribution in [3.8, 4) is 0 Å². The molecule has 0 bridgehead atoms.